The average Bonchev–Trinajstić information content (AvgIpc) is 2.83. The Hall–Kier alpha value is -4.93. The first-order chi connectivity index (χ1) is 16.8. The Morgan fingerprint density at radius 1 is 1.03 bits per heavy atom. The van der Waals surface area contributed by atoms with E-state index in [-0.39, 0.29) is 22.4 Å². The summed E-state index contributed by atoms with van der Waals surface area (Å²) in [4.78, 5) is 34.8. The van der Waals surface area contributed by atoms with Gasteiger partial charge in [0.25, 0.3) is 11.2 Å². The van der Waals surface area contributed by atoms with Gasteiger partial charge in [-0.25, -0.2) is 18.7 Å². The minimum atomic E-state index is -0.924. The molecule has 4 aromatic rings. The average molecular weight is 477 g/mol. The molecular weight excluding hydrogens is 460 g/mol. The molecule has 1 heterocycles. The zero-order chi connectivity index (χ0) is 24.9. The number of aromatic nitrogens is 2. The van der Waals surface area contributed by atoms with Crippen molar-refractivity contribution in [1.29, 1.82) is 0 Å². The van der Waals surface area contributed by atoms with E-state index >= 15 is 0 Å². The van der Waals surface area contributed by atoms with Gasteiger partial charge in [0.15, 0.2) is 0 Å². The second kappa shape index (κ2) is 9.91. The third-order valence-electron chi connectivity index (χ3n) is 5.03. The van der Waals surface area contributed by atoms with Crippen LogP contribution in [0, 0.1) is 21.7 Å². The number of halogens is 2. The first-order valence-electron chi connectivity index (χ1n) is 10.3. The van der Waals surface area contributed by atoms with Crippen LogP contribution in [0.4, 0.5) is 30.6 Å². The van der Waals surface area contributed by atoms with Crippen LogP contribution in [0.2, 0.25) is 0 Å². The molecule has 4 rings (SSSR count). The van der Waals surface area contributed by atoms with Gasteiger partial charge in [-0.3, -0.25) is 14.9 Å². The smallest absolute Gasteiger partial charge is 0.308 e. The molecule has 1 aromatic heterocycles. The lowest BCUT2D eigenvalue weighted by molar-refractivity contribution is -0.384. The number of H-pyrrole nitrogens is 1. The Morgan fingerprint density at radius 2 is 1.80 bits per heavy atom. The van der Waals surface area contributed by atoms with Gasteiger partial charge in [0.05, 0.1) is 21.7 Å². The summed E-state index contributed by atoms with van der Waals surface area (Å²) in [6.45, 7) is 0. The third kappa shape index (κ3) is 5.53. The quantitative estimate of drug-likeness (QED) is 0.266. The monoisotopic (exact) mass is 477 g/mol. The molecule has 0 saturated heterocycles. The molecule has 9 nitrogen and oxygen atoms in total. The number of aromatic amines is 1. The number of urea groups is 1. The Bertz CT molecular complexity index is 1520. The molecule has 0 fully saturated rings. The van der Waals surface area contributed by atoms with E-state index in [1.807, 2.05) is 0 Å². The number of fused-ring (bicyclic) bond motifs is 1. The fraction of sp³-hybridized carbons (Fsp3) is 0.0417. The second-order valence-corrected chi connectivity index (χ2v) is 7.42. The molecule has 3 aromatic carbocycles. The van der Waals surface area contributed by atoms with Gasteiger partial charge in [0.2, 0.25) is 0 Å². The summed E-state index contributed by atoms with van der Waals surface area (Å²) in [6.07, 6.45) is 3.94. The van der Waals surface area contributed by atoms with Crippen LogP contribution in [-0.2, 0) is 6.42 Å². The fourth-order valence-electron chi connectivity index (χ4n) is 3.35. The summed E-state index contributed by atoms with van der Waals surface area (Å²) in [5, 5.41) is 22.9. The molecule has 0 radical (unpaired) electrons. The first kappa shape index (κ1) is 23.2. The molecule has 0 atom stereocenters. The Morgan fingerprint density at radius 3 is 2.51 bits per heavy atom. The molecule has 0 spiro atoms. The van der Waals surface area contributed by atoms with E-state index in [1.165, 1.54) is 18.2 Å². The molecular formula is C24H17F2N5O4. The largest absolute Gasteiger partial charge is 0.323 e. The van der Waals surface area contributed by atoms with E-state index < -0.39 is 28.1 Å². The molecule has 0 aliphatic carbocycles. The number of nitro benzene ring substituents is 1. The number of hydrogen-bond acceptors (Lipinski definition) is 5. The molecule has 35 heavy (non-hydrogen) atoms. The zero-order valence-corrected chi connectivity index (χ0v) is 17.9. The van der Waals surface area contributed by atoms with Gasteiger partial charge in [-0.05, 0) is 42.0 Å². The van der Waals surface area contributed by atoms with Crippen molar-refractivity contribution in [3.8, 4) is 0 Å². The summed E-state index contributed by atoms with van der Waals surface area (Å²) < 4.78 is 26.8. The van der Waals surface area contributed by atoms with Crippen LogP contribution in [-0.4, -0.2) is 21.2 Å². The summed E-state index contributed by atoms with van der Waals surface area (Å²) in [5.41, 5.74) is 0.949. The summed E-state index contributed by atoms with van der Waals surface area (Å²) >= 11 is 0. The van der Waals surface area contributed by atoms with E-state index in [2.05, 4.69) is 20.8 Å². The number of anilines is 2. The molecule has 0 saturated carbocycles. The van der Waals surface area contributed by atoms with Crippen LogP contribution in [0.5, 0.6) is 0 Å². The number of allylic oxidation sites excluding steroid dienone is 1. The van der Waals surface area contributed by atoms with Crippen LogP contribution in [0.1, 0.15) is 11.3 Å². The van der Waals surface area contributed by atoms with E-state index in [0.717, 1.165) is 17.7 Å². The maximum atomic E-state index is 13.7. The molecule has 11 heteroatoms. The number of non-ortho nitro benzene ring substituents is 1. The SMILES string of the molecule is O=C(Nc1ccc2c(C/C=C/c3ccc([N+](=O)[O-])cc3)n[nH]c(=O)c2c1)Nc1ccc(F)cc1F. The standard InChI is InChI=1S/C24H17F2N5O4/c25-15-6-11-22(20(26)12-15)28-24(33)27-16-7-10-18-19(13-16)23(32)30-29-21(18)3-1-2-14-4-8-17(9-5-14)31(34)35/h1-2,4-13H,3H2,(H,30,32)(H2,27,28,33)/b2-1+. The van der Waals surface area contributed by atoms with Crippen LogP contribution < -0.4 is 16.2 Å². The fourth-order valence-corrected chi connectivity index (χ4v) is 3.35. The van der Waals surface area contributed by atoms with Crippen LogP contribution in [0.25, 0.3) is 16.8 Å². The summed E-state index contributed by atoms with van der Waals surface area (Å²) in [5.74, 6) is -1.69. The van der Waals surface area contributed by atoms with Crippen LogP contribution >= 0.6 is 0 Å². The lowest BCUT2D eigenvalue weighted by atomic mass is 10.1. The van der Waals surface area contributed by atoms with Gasteiger partial charge in [0.1, 0.15) is 11.6 Å². The maximum absolute atomic E-state index is 13.7. The third-order valence-corrected chi connectivity index (χ3v) is 5.03. The Kier molecular flexibility index (Phi) is 6.58. The van der Waals surface area contributed by atoms with E-state index in [9.17, 15) is 28.5 Å². The van der Waals surface area contributed by atoms with Crippen molar-refractivity contribution >= 4 is 39.9 Å². The lowest BCUT2D eigenvalue weighted by Crippen LogP contribution is -2.20. The number of hydrogen-bond donors (Lipinski definition) is 3. The number of nitro groups is 1. The molecule has 3 N–H and O–H groups in total. The molecule has 0 unspecified atom stereocenters. The zero-order valence-electron chi connectivity index (χ0n) is 17.9. The Balaban J connectivity index is 1.49. The van der Waals surface area contributed by atoms with Crippen molar-refractivity contribution in [2.45, 2.75) is 6.42 Å². The molecule has 2 amide bonds. The number of carbonyl (C=O) groups is 1. The summed E-state index contributed by atoms with van der Waals surface area (Å²) in [7, 11) is 0. The van der Waals surface area contributed by atoms with E-state index in [1.54, 1.807) is 36.4 Å². The van der Waals surface area contributed by atoms with Gasteiger partial charge in [-0.2, -0.15) is 5.10 Å². The van der Waals surface area contributed by atoms with Crippen molar-refractivity contribution in [3.63, 3.8) is 0 Å². The van der Waals surface area contributed by atoms with Gasteiger partial charge in [0, 0.05) is 35.7 Å². The highest BCUT2D eigenvalue weighted by atomic mass is 19.1. The highest BCUT2D eigenvalue weighted by Gasteiger charge is 2.11. The molecule has 176 valence electrons. The van der Waals surface area contributed by atoms with Crippen LogP contribution in [0.3, 0.4) is 0 Å². The number of amides is 2. The van der Waals surface area contributed by atoms with Gasteiger partial charge in [-0.1, -0.05) is 18.2 Å². The second-order valence-electron chi connectivity index (χ2n) is 7.42. The number of nitrogens with zero attached hydrogens (tertiary/aromatic N) is 2. The maximum Gasteiger partial charge on any atom is 0.323 e. The van der Waals surface area contributed by atoms with Crippen molar-refractivity contribution < 1.29 is 18.5 Å². The van der Waals surface area contributed by atoms with Crippen LogP contribution in [0.15, 0.2) is 71.5 Å². The number of carbonyl (C=O) groups excluding carboxylic acids is 1. The number of nitrogens with one attached hydrogen (secondary N) is 3. The van der Waals surface area contributed by atoms with Gasteiger partial charge >= 0.3 is 6.03 Å². The molecule has 0 bridgehead atoms. The van der Waals surface area contributed by atoms with E-state index in [0.29, 0.717) is 23.6 Å². The summed E-state index contributed by atoms with van der Waals surface area (Å²) in [6, 6.07) is 12.7. The van der Waals surface area contributed by atoms with Crippen molar-refractivity contribution in [1.82, 2.24) is 10.2 Å². The topological polar surface area (TPSA) is 130 Å². The van der Waals surface area contributed by atoms with Crippen molar-refractivity contribution in [3.05, 3.63) is 110 Å². The van der Waals surface area contributed by atoms with Crippen molar-refractivity contribution in [2.24, 2.45) is 0 Å². The predicted molar refractivity (Wildman–Crippen MR) is 127 cm³/mol. The Labute approximate surface area is 196 Å². The molecule has 0 aliphatic heterocycles. The molecule has 0 aliphatic rings. The highest BCUT2D eigenvalue weighted by molar-refractivity contribution is 6.01. The predicted octanol–water partition coefficient (Wildman–Crippen LogP) is 5.01. The van der Waals surface area contributed by atoms with Crippen molar-refractivity contribution in [2.75, 3.05) is 10.6 Å². The minimum Gasteiger partial charge on any atom is -0.308 e. The first-order valence-corrected chi connectivity index (χ1v) is 10.3. The van der Waals surface area contributed by atoms with Gasteiger partial charge < -0.3 is 10.6 Å². The minimum absolute atomic E-state index is 0.00339. The number of rotatable bonds is 6. The highest BCUT2D eigenvalue weighted by Crippen LogP contribution is 2.21. The normalized spacial score (nSPS) is 11.0. The van der Waals surface area contributed by atoms with E-state index in [4.69, 9.17) is 0 Å². The lowest BCUT2D eigenvalue weighted by Gasteiger charge is -2.10. The van der Waals surface area contributed by atoms with Gasteiger partial charge in [-0.15, -0.1) is 0 Å². The number of benzene rings is 3.